The molecule has 0 saturated carbocycles. The number of rotatable bonds is 8. The Kier molecular flexibility index (Phi) is 7.70. The molecule has 7 rings (SSSR count). The van der Waals surface area contributed by atoms with Gasteiger partial charge in [0.25, 0.3) is 0 Å². The summed E-state index contributed by atoms with van der Waals surface area (Å²) in [6, 6.07) is 49.5. The fraction of sp³-hybridized carbons (Fsp3) is 0.103. The molecule has 0 aliphatic carbocycles. The van der Waals surface area contributed by atoms with Crippen molar-refractivity contribution < 1.29 is 0 Å². The topological polar surface area (TPSA) is 27.3 Å². The van der Waals surface area contributed by atoms with E-state index in [2.05, 4.69) is 137 Å². The number of anilines is 1. The first-order chi connectivity index (χ1) is 21.2. The normalized spacial score (nSPS) is 11.3. The van der Waals surface area contributed by atoms with Crippen molar-refractivity contribution in [3.05, 3.63) is 151 Å². The molecule has 43 heavy (non-hydrogen) atoms. The molecule has 0 spiro atoms. The Morgan fingerprint density at radius 1 is 0.535 bits per heavy atom. The van der Waals surface area contributed by atoms with Crippen molar-refractivity contribution in [1.29, 1.82) is 0 Å². The van der Waals surface area contributed by atoms with Crippen LogP contribution in [0.2, 0.25) is 0 Å². The Hall–Kier alpha value is -4.77. The van der Waals surface area contributed by atoms with Crippen molar-refractivity contribution in [3.63, 3.8) is 0 Å². The summed E-state index contributed by atoms with van der Waals surface area (Å²) in [7, 11) is 0. The van der Waals surface area contributed by atoms with Gasteiger partial charge in [-0.25, -0.2) is 0 Å². The summed E-state index contributed by atoms with van der Waals surface area (Å²) < 4.78 is 0. The zero-order chi connectivity index (χ0) is 29.0. The summed E-state index contributed by atoms with van der Waals surface area (Å²) in [6.45, 7) is 3.04. The van der Waals surface area contributed by atoms with Crippen molar-refractivity contribution >= 4 is 66.1 Å². The molecule has 0 saturated heterocycles. The number of fused-ring (bicyclic) bond motifs is 4. The number of para-hydroxylation sites is 1. The summed E-state index contributed by atoms with van der Waals surface area (Å²) in [5.41, 5.74) is 3.63. The van der Waals surface area contributed by atoms with E-state index in [1.807, 2.05) is 18.2 Å². The molecule has 210 valence electrons. The molecule has 0 unspecified atom stereocenters. The summed E-state index contributed by atoms with van der Waals surface area (Å²) in [6.07, 6.45) is 0. The van der Waals surface area contributed by atoms with Gasteiger partial charge in [-0.1, -0.05) is 115 Å². The van der Waals surface area contributed by atoms with E-state index in [1.165, 1.54) is 54.2 Å². The highest BCUT2D eigenvalue weighted by molar-refractivity contribution is 7.80. The Morgan fingerprint density at radius 3 is 1.49 bits per heavy atom. The van der Waals surface area contributed by atoms with E-state index in [9.17, 15) is 0 Å². The number of nitrogens with one attached hydrogen (secondary N) is 2. The minimum absolute atomic E-state index is 0.708. The average molecular weight is 576 g/mol. The van der Waals surface area contributed by atoms with E-state index < -0.39 is 0 Å². The second-order valence-corrected chi connectivity index (χ2v) is 11.4. The van der Waals surface area contributed by atoms with Gasteiger partial charge in [-0.2, -0.15) is 0 Å². The zero-order valence-electron chi connectivity index (χ0n) is 24.0. The van der Waals surface area contributed by atoms with Gasteiger partial charge in [0.2, 0.25) is 0 Å². The lowest BCUT2D eigenvalue weighted by molar-refractivity contribution is 0.412. The highest BCUT2D eigenvalue weighted by Crippen LogP contribution is 2.30. The van der Waals surface area contributed by atoms with Gasteiger partial charge in [0.15, 0.2) is 5.11 Å². The monoisotopic (exact) mass is 575 g/mol. The van der Waals surface area contributed by atoms with Crippen molar-refractivity contribution in [3.8, 4) is 0 Å². The number of thiocarbonyl (C=S) groups is 1. The van der Waals surface area contributed by atoms with Gasteiger partial charge in [0.05, 0.1) is 0 Å². The molecule has 4 heteroatoms. The van der Waals surface area contributed by atoms with Crippen molar-refractivity contribution in [2.24, 2.45) is 0 Å². The minimum atomic E-state index is 0.708. The van der Waals surface area contributed by atoms with E-state index in [4.69, 9.17) is 12.2 Å². The SMILES string of the molecule is S=C(Nc1ccccc1)N(CCNCc1c2ccccc2cc2ccccc12)Cc1c2ccccc2cc2ccccc12. The fourth-order valence-corrected chi connectivity index (χ4v) is 6.45. The van der Waals surface area contributed by atoms with E-state index in [1.54, 1.807) is 0 Å². The van der Waals surface area contributed by atoms with E-state index in [0.29, 0.717) is 6.54 Å². The van der Waals surface area contributed by atoms with Gasteiger partial charge in [0.1, 0.15) is 0 Å². The highest BCUT2D eigenvalue weighted by atomic mass is 32.1. The van der Waals surface area contributed by atoms with Crippen LogP contribution in [0.15, 0.2) is 140 Å². The molecule has 3 nitrogen and oxygen atoms in total. The Morgan fingerprint density at radius 2 is 0.977 bits per heavy atom. The minimum Gasteiger partial charge on any atom is -0.343 e. The van der Waals surface area contributed by atoms with Crippen LogP contribution in [0.3, 0.4) is 0 Å². The fourth-order valence-electron chi connectivity index (χ4n) is 6.17. The number of nitrogens with zero attached hydrogens (tertiary/aromatic N) is 1. The first kappa shape index (κ1) is 27.1. The predicted octanol–water partition coefficient (Wildman–Crippen LogP) is 9.29. The maximum Gasteiger partial charge on any atom is 0.173 e. The van der Waals surface area contributed by atoms with Gasteiger partial charge >= 0.3 is 0 Å². The summed E-state index contributed by atoms with van der Waals surface area (Å²) >= 11 is 6.06. The third-order valence-corrected chi connectivity index (χ3v) is 8.65. The van der Waals surface area contributed by atoms with Crippen molar-refractivity contribution in [1.82, 2.24) is 10.2 Å². The largest absolute Gasteiger partial charge is 0.343 e. The molecule has 0 aliphatic rings. The summed E-state index contributed by atoms with van der Waals surface area (Å²) in [5, 5.41) is 18.2. The molecule has 7 aromatic rings. The molecular weight excluding hydrogens is 543 g/mol. The van der Waals surface area contributed by atoms with Crippen LogP contribution in [0, 0.1) is 0 Å². The van der Waals surface area contributed by atoms with Gasteiger partial charge < -0.3 is 15.5 Å². The van der Waals surface area contributed by atoms with Crippen LogP contribution in [0.1, 0.15) is 11.1 Å². The molecule has 0 bridgehead atoms. The lowest BCUT2D eigenvalue weighted by atomic mass is 9.96. The molecule has 0 aliphatic heterocycles. The molecule has 0 heterocycles. The van der Waals surface area contributed by atoms with E-state index in [0.717, 1.165) is 30.4 Å². The van der Waals surface area contributed by atoms with Crippen LogP contribution in [0.5, 0.6) is 0 Å². The lowest BCUT2D eigenvalue weighted by Gasteiger charge is -2.28. The second kappa shape index (κ2) is 12.2. The van der Waals surface area contributed by atoms with Crippen LogP contribution < -0.4 is 10.6 Å². The molecule has 0 atom stereocenters. The smallest absolute Gasteiger partial charge is 0.173 e. The van der Waals surface area contributed by atoms with Crippen LogP contribution in [0.4, 0.5) is 5.69 Å². The van der Waals surface area contributed by atoms with Gasteiger partial charge in [-0.05, 0) is 90.7 Å². The molecule has 0 fully saturated rings. The van der Waals surface area contributed by atoms with Gasteiger partial charge in [-0.15, -0.1) is 0 Å². The highest BCUT2D eigenvalue weighted by Gasteiger charge is 2.16. The Balaban J connectivity index is 1.18. The predicted molar refractivity (Wildman–Crippen MR) is 188 cm³/mol. The summed E-state index contributed by atoms with van der Waals surface area (Å²) in [4.78, 5) is 2.30. The Bertz CT molecular complexity index is 1960. The molecule has 7 aromatic carbocycles. The third-order valence-electron chi connectivity index (χ3n) is 8.29. The molecule has 2 N–H and O–H groups in total. The first-order valence-electron chi connectivity index (χ1n) is 14.8. The number of hydrogen-bond donors (Lipinski definition) is 2. The Labute approximate surface area is 257 Å². The standard InChI is InChI=1S/C39H33N3S/c43-39(41-32-16-2-1-3-17-32)42(27-38-35-20-10-6-14-30(35)25-31-15-7-11-21-36(31)38)23-22-40-26-37-33-18-8-4-12-28(33)24-29-13-5-9-19-34(29)37/h1-21,24-25,40H,22-23,26-27H2,(H,41,43). The maximum absolute atomic E-state index is 6.06. The third kappa shape index (κ3) is 5.68. The first-order valence-corrected chi connectivity index (χ1v) is 15.3. The summed E-state index contributed by atoms with van der Waals surface area (Å²) in [5.74, 6) is 0. The number of benzene rings is 7. The molecule has 0 radical (unpaired) electrons. The molecule has 0 aromatic heterocycles. The average Bonchev–Trinajstić information content (AvgIpc) is 3.05. The van der Waals surface area contributed by atoms with Crippen LogP contribution in [0.25, 0.3) is 43.1 Å². The lowest BCUT2D eigenvalue weighted by Crippen LogP contribution is -2.39. The van der Waals surface area contributed by atoms with E-state index in [-0.39, 0.29) is 0 Å². The zero-order valence-corrected chi connectivity index (χ0v) is 24.8. The maximum atomic E-state index is 6.06. The van der Waals surface area contributed by atoms with Crippen LogP contribution in [-0.2, 0) is 13.1 Å². The van der Waals surface area contributed by atoms with Crippen LogP contribution >= 0.6 is 12.2 Å². The van der Waals surface area contributed by atoms with E-state index >= 15 is 0 Å². The quantitative estimate of drug-likeness (QED) is 0.107. The van der Waals surface area contributed by atoms with Gasteiger partial charge in [0, 0.05) is 31.9 Å². The molecular formula is C39H33N3S. The van der Waals surface area contributed by atoms with Gasteiger partial charge in [-0.3, -0.25) is 0 Å². The molecule has 0 amide bonds. The number of hydrogen-bond acceptors (Lipinski definition) is 2. The van der Waals surface area contributed by atoms with Crippen molar-refractivity contribution in [2.75, 3.05) is 18.4 Å². The van der Waals surface area contributed by atoms with Crippen molar-refractivity contribution in [2.45, 2.75) is 13.1 Å². The van der Waals surface area contributed by atoms with Crippen LogP contribution in [-0.4, -0.2) is 23.1 Å². The second-order valence-electron chi connectivity index (χ2n) is 11.0.